The van der Waals surface area contributed by atoms with Gasteiger partial charge in [0.15, 0.2) is 5.96 Å². The number of carboxylic acid groups (broad SMARTS) is 1. The molecule has 0 aromatic rings. The van der Waals surface area contributed by atoms with Crippen molar-refractivity contribution in [3.05, 3.63) is 0 Å². The number of guanidine groups is 1. The van der Waals surface area contributed by atoms with Crippen LogP contribution in [0.25, 0.3) is 0 Å². The molecule has 0 unspecified atom stereocenters. The third-order valence-corrected chi connectivity index (χ3v) is 5.78. The molecule has 2 rings (SSSR count). The maximum atomic E-state index is 12.7. The van der Waals surface area contributed by atoms with Crippen molar-refractivity contribution in [1.29, 1.82) is 0 Å². The summed E-state index contributed by atoms with van der Waals surface area (Å²) in [6, 6.07) is -1.25. The molecule has 0 aromatic carbocycles. The number of aliphatic imine (C=N–C) groups is 1. The molecule has 1 heterocycles. The van der Waals surface area contributed by atoms with E-state index in [1.54, 1.807) is 0 Å². The number of amides is 4. The van der Waals surface area contributed by atoms with E-state index in [9.17, 15) is 24.0 Å². The molecular formula is C19H32ClN7O6. The van der Waals surface area contributed by atoms with Crippen LogP contribution in [0.2, 0.25) is 0 Å². The van der Waals surface area contributed by atoms with Crippen LogP contribution in [0.3, 0.4) is 0 Å². The number of nitrogens with two attached hydrogens (primary N) is 3. The molecule has 1 saturated heterocycles. The summed E-state index contributed by atoms with van der Waals surface area (Å²) >= 11 is 0. The molecule has 0 bridgehead atoms. The van der Waals surface area contributed by atoms with Gasteiger partial charge in [0.1, 0.15) is 6.04 Å². The largest absolute Gasteiger partial charge is 0.481 e. The average Bonchev–Trinajstić information content (AvgIpc) is 2.73. The zero-order chi connectivity index (χ0) is 23.8. The molecule has 2 aliphatic rings. The summed E-state index contributed by atoms with van der Waals surface area (Å²) in [6.07, 6.45) is 2.28. The molecular weight excluding hydrogens is 458 g/mol. The summed E-state index contributed by atoms with van der Waals surface area (Å²) in [6.45, 7) is -0.0690. The van der Waals surface area contributed by atoms with Crippen molar-refractivity contribution in [2.75, 3.05) is 32.7 Å². The van der Waals surface area contributed by atoms with Crippen molar-refractivity contribution in [3.8, 4) is 0 Å². The number of carbonyl (C=O) groups is 5. The highest BCUT2D eigenvalue weighted by molar-refractivity contribution is 5.95. The van der Waals surface area contributed by atoms with Gasteiger partial charge in [-0.15, -0.1) is 12.4 Å². The number of piperazine rings is 1. The molecule has 2 fully saturated rings. The summed E-state index contributed by atoms with van der Waals surface area (Å²) in [5.74, 6) is -3.35. The van der Waals surface area contributed by atoms with Crippen LogP contribution in [0.15, 0.2) is 4.99 Å². The predicted molar refractivity (Wildman–Crippen MR) is 120 cm³/mol. The fraction of sp³-hybridized carbons (Fsp3) is 0.684. The van der Waals surface area contributed by atoms with Crippen LogP contribution in [0.5, 0.6) is 0 Å². The molecule has 1 saturated carbocycles. The maximum absolute atomic E-state index is 12.7. The minimum Gasteiger partial charge on any atom is -0.481 e. The lowest BCUT2D eigenvalue weighted by molar-refractivity contribution is -0.156. The molecule has 4 amide bonds. The van der Waals surface area contributed by atoms with Crippen LogP contribution in [0.1, 0.15) is 32.1 Å². The Bertz CT molecular complexity index is 781. The first-order chi connectivity index (χ1) is 15.1. The van der Waals surface area contributed by atoms with E-state index in [0.717, 1.165) is 22.6 Å². The molecule has 8 N–H and O–H groups in total. The third-order valence-electron chi connectivity index (χ3n) is 5.78. The van der Waals surface area contributed by atoms with Crippen LogP contribution in [-0.4, -0.2) is 89.2 Å². The van der Waals surface area contributed by atoms with Gasteiger partial charge in [-0.05, 0) is 31.6 Å². The number of hydrogen-bond donors (Lipinski definition) is 5. The summed E-state index contributed by atoms with van der Waals surface area (Å²) in [5, 5.41) is 11.7. The van der Waals surface area contributed by atoms with Crippen molar-refractivity contribution in [2.24, 2.45) is 34.0 Å². The molecule has 0 spiro atoms. The van der Waals surface area contributed by atoms with Crippen molar-refractivity contribution >= 4 is 48.0 Å². The van der Waals surface area contributed by atoms with E-state index in [1.165, 1.54) is 0 Å². The SMILES string of the molecule is Cl.NC(=O)CN1CCN(C(=O)CNC(=O)C2CCC(CN=C(N)N)CC2)[C@@H](CC(=O)O)C1=O. The number of rotatable bonds is 9. The third kappa shape index (κ3) is 8.40. The van der Waals surface area contributed by atoms with E-state index < -0.39 is 36.2 Å². The summed E-state index contributed by atoms with van der Waals surface area (Å²) in [4.78, 5) is 66.4. The predicted octanol–water partition coefficient (Wildman–Crippen LogP) is -2.40. The molecule has 0 aromatic heterocycles. The first kappa shape index (κ1) is 27.9. The van der Waals surface area contributed by atoms with Gasteiger partial charge in [0.05, 0.1) is 19.5 Å². The maximum Gasteiger partial charge on any atom is 0.305 e. The van der Waals surface area contributed by atoms with Crippen molar-refractivity contribution in [2.45, 2.75) is 38.1 Å². The molecule has 186 valence electrons. The normalized spacial score (nSPS) is 22.7. The van der Waals surface area contributed by atoms with Gasteiger partial charge >= 0.3 is 5.97 Å². The van der Waals surface area contributed by atoms with Gasteiger partial charge in [-0.3, -0.25) is 29.0 Å². The lowest BCUT2D eigenvalue weighted by atomic mass is 9.81. The minimum atomic E-state index is -1.26. The van der Waals surface area contributed by atoms with E-state index in [1.807, 2.05) is 0 Å². The Kier molecular flexibility index (Phi) is 10.9. The Morgan fingerprint density at radius 3 is 2.24 bits per heavy atom. The molecule has 1 atom stereocenters. The highest BCUT2D eigenvalue weighted by atomic mass is 35.5. The zero-order valence-electron chi connectivity index (χ0n) is 18.3. The van der Waals surface area contributed by atoms with Crippen LogP contribution < -0.4 is 22.5 Å². The second-order valence-electron chi connectivity index (χ2n) is 8.13. The molecule has 1 aliphatic carbocycles. The number of aliphatic carboxylic acids is 1. The van der Waals surface area contributed by atoms with Crippen molar-refractivity contribution in [1.82, 2.24) is 15.1 Å². The summed E-state index contributed by atoms with van der Waals surface area (Å²) < 4.78 is 0. The van der Waals surface area contributed by atoms with Gasteiger partial charge in [-0.1, -0.05) is 0 Å². The van der Waals surface area contributed by atoms with E-state index in [-0.39, 0.29) is 56.4 Å². The Balaban J connectivity index is 0.00000544. The van der Waals surface area contributed by atoms with Crippen LogP contribution in [-0.2, 0) is 24.0 Å². The van der Waals surface area contributed by atoms with Gasteiger partial charge in [-0.25, -0.2) is 0 Å². The molecule has 14 heteroatoms. The first-order valence-electron chi connectivity index (χ1n) is 10.5. The van der Waals surface area contributed by atoms with E-state index in [2.05, 4.69) is 10.3 Å². The monoisotopic (exact) mass is 489 g/mol. The molecule has 13 nitrogen and oxygen atoms in total. The van der Waals surface area contributed by atoms with E-state index in [0.29, 0.717) is 25.3 Å². The zero-order valence-corrected chi connectivity index (χ0v) is 19.1. The van der Waals surface area contributed by atoms with Crippen LogP contribution in [0.4, 0.5) is 0 Å². The van der Waals surface area contributed by atoms with E-state index in [4.69, 9.17) is 22.3 Å². The topological polar surface area (TPSA) is 215 Å². The van der Waals surface area contributed by atoms with Gasteiger partial charge in [-0.2, -0.15) is 0 Å². The quantitative estimate of drug-likeness (QED) is 0.173. The van der Waals surface area contributed by atoms with E-state index >= 15 is 0 Å². The van der Waals surface area contributed by atoms with Crippen LogP contribution in [0, 0.1) is 11.8 Å². The fourth-order valence-corrected chi connectivity index (χ4v) is 4.10. The number of carboxylic acids is 1. The van der Waals surface area contributed by atoms with Crippen LogP contribution >= 0.6 is 12.4 Å². The number of nitrogens with zero attached hydrogens (tertiary/aromatic N) is 3. The second kappa shape index (κ2) is 12.8. The Hall–Kier alpha value is -3.09. The standard InChI is InChI=1S/C19H31N7O6.ClH/c20-14(27)10-25-5-6-26(13(18(25)32)7-16(29)30)15(28)9-23-17(31)12-3-1-11(2-4-12)8-24-19(21)22;/h11-13H,1-10H2,(H2,20,27)(H,23,31)(H,29,30)(H4,21,22,24);1H/t11?,12?,13-;/m0./s1. The number of halogens is 1. The van der Waals surface area contributed by atoms with Gasteiger partial charge < -0.3 is 37.4 Å². The molecule has 1 aliphatic heterocycles. The highest BCUT2D eigenvalue weighted by Crippen LogP contribution is 2.29. The Morgan fingerprint density at radius 1 is 1.06 bits per heavy atom. The lowest BCUT2D eigenvalue weighted by Gasteiger charge is -2.39. The smallest absolute Gasteiger partial charge is 0.305 e. The van der Waals surface area contributed by atoms with Gasteiger partial charge in [0.25, 0.3) is 0 Å². The van der Waals surface area contributed by atoms with Crippen molar-refractivity contribution < 1.29 is 29.1 Å². The Labute approximate surface area is 197 Å². The number of hydrogen-bond acceptors (Lipinski definition) is 6. The fourth-order valence-electron chi connectivity index (χ4n) is 4.10. The first-order valence-corrected chi connectivity index (χ1v) is 10.5. The second-order valence-corrected chi connectivity index (χ2v) is 8.13. The average molecular weight is 490 g/mol. The summed E-state index contributed by atoms with van der Waals surface area (Å²) in [5.41, 5.74) is 15.8. The number of carbonyl (C=O) groups excluding carboxylic acids is 4. The van der Waals surface area contributed by atoms with Gasteiger partial charge in [0.2, 0.25) is 23.6 Å². The minimum absolute atomic E-state index is 0. The Morgan fingerprint density at radius 2 is 1.70 bits per heavy atom. The lowest BCUT2D eigenvalue weighted by Crippen LogP contribution is -2.61. The molecule has 0 radical (unpaired) electrons. The van der Waals surface area contributed by atoms with Gasteiger partial charge in [0, 0.05) is 25.6 Å². The highest BCUT2D eigenvalue weighted by Gasteiger charge is 2.39. The number of primary amides is 1. The number of nitrogens with one attached hydrogen (secondary N) is 1. The molecule has 33 heavy (non-hydrogen) atoms. The van der Waals surface area contributed by atoms with Crippen molar-refractivity contribution in [3.63, 3.8) is 0 Å². The summed E-state index contributed by atoms with van der Waals surface area (Å²) in [7, 11) is 0.